The maximum atomic E-state index is 5.66. The molecule has 0 saturated heterocycles. The van der Waals surface area contributed by atoms with Crippen LogP contribution in [0.1, 0.15) is 69.8 Å². The van der Waals surface area contributed by atoms with Crippen molar-refractivity contribution in [3.8, 4) is 11.4 Å². The average molecular weight is 339 g/mol. The first-order chi connectivity index (χ1) is 12.2. The van der Waals surface area contributed by atoms with Crippen LogP contribution >= 0.6 is 0 Å². The van der Waals surface area contributed by atoms with E-state index in [1.165, 1.54) is 56.9 Å². The van der Waals surface area contributed by atoms with Crippen LogP contribution in [-0.4, -0.2) is 15.0 Å². The minimum Gasteiger partial charge on any atom is -0.368 e. The van der Waals surface area contributed by atoms with Crippen molar-refractivity contribution in [1.29, 1.82) is 0 Å². The number of benzene rings is 1. The predicted molar refractivity (Wildman–Crippen MR) is 103 cm³/mol. The number of anilines is 2. The molecule has 0 spiro atoms. The molecule has 5 heteroatoms. The molecule has 1 aromatic heterocycles. The zero-order valence-corrected chi connectivity index (χ0v) is 15.1. The van der Waals surface area contributed by atoms with E-state index >= 15 is 0 Å². The van der Waals surface area contributed by atoms with E-state index in [2.05, 4.69) is 46.1 Å². The van der Waals surface area contributed by atoms with Crippen molar-refractivity contribution in [2.75, 3.05) is 11.5 Å². The predicted octanol–water partition coefficient (Wildman–Crippen LogP) is 4.56. The molecule has 2 aromatic rings. The Morgan fingerprint density at radius 1 is 0.880 bits per heavy atom. The first-order valence-electron chi connectivity index (χ1n) is 9.53. The number of hydrogen-bond acceptors (Lipinski definition) is 5. The van der Waals surface area contributed by atoms with E-state index in [0.29, 0.717) is 11.7 Å². The Labute approximate surface area is 150 Å². The van der Waals surface area contributed by atoms with Gasteiger partial charge in [0.25, 0.3) is 0 Å². The summed E-state index contributed by atoms with van der Waals surface area (Å²) in [5, 5.41) is 0. The highest BCUT2D eigenvalue weighted by atomic mass is 15.1. The lowest BCUT2D eigenvalue weighted by Gasteiger charge is -2.29. The van der Waals surface area contributed by atoms with Gasteiger partial charge in [0.1, 0.15) is 0 Å². The van der Waals surface area contributed by atoms with Crippen molar-refractivity contribution in [2.45, 2.75) is 64.2 Å². The molecule has 1 fully saturated rings. The van der Waals surface area contributed by atoms with Crippen molar-refractivity contribution >= 4 is 11.9 Å². The molecule has 0 amide bonds. The molecule has 5 nitrogen and oxygen atoms in total. The van der Waals surface area contributed by atoms with Crippen LogP contribution in [0.25, 0.3) is 11.4 Å². The van der Waals surface area contributed by atoms with Crippen molar-refractivity contribution in [1.82, 2.24) is 15.0 Å². The highest BCUT2D eigenvalue weighted by molar-refractivity contribution is 5.57. The number of nitrogens with zero attached hydrogens (tertiary/aromatic N) is 3. The van der Waals surface area contributed by atoms with E-state index in [-0.39, 0.29) is 11.9 Å². The highest BCUT2D eigenvalue weighted by Crippen LogP contribution is 2.38. The Balaban J connectivity index is 1.60. The summed E-state index contributed by atoms with van der Waals surface area (Å²) < 4.78 is 0. The SMILES string of the molecule is CCCCC[C@H]1CC[C@H](c2ccc(-c3nc(N)nc(N)n3)cc2)CC1. The molecule has 3 rings (SSSR count). The first kappa shape index (κ1) is 17.6. The zero-order chi connectivity index (χ0) is 17.6. The van der Waals surface area contributed by atoms with Crippen molar-refractivity contribution in [2.24, 2.45) is 5.92 Å². The minimum atomic E-state index is 0.160. The van der Waals surface area contributed by atoms with E-state index in [0.717, 1.165) is 11.5 Å². The third-order valence-electron chi connectivity index (χ3n) is 5.37. The molecule has 0 aliphatic heterocycles. The van der Waals surface area contributed by atoms with Gasteiger partial charge >= 0.3 is 0 Å². The molecule has 1 aromatic carbocycles. The zero-order valence-electron chi connectivity index (χ0n) is 15.1. The Morgan fingerprint density at radius 3 is 2.12 bits per heavy atom. The topological polar surface area (TPSA) is 90.7 Å². The second kappa shape index (κ2) is 8.28. The van der Waals surface area contributed by atoms with Crippen LogP contribution < -0.4 is 11.5 Å². The number of hydrogen-bond donors (Lipinski definition) is 2. The van der Waals surface area contributed by atoms with Gasteiger partial charge in [-0.15, -0.1) is 0 Å². The minimum absolute atomic E-state index is 0.160. The summed E-state index contributed by atoms with van der Waals surface area (Å²) in [6, 6.07) is 8.54. The molecular weight excluding hydrogens is 310 g/mol. The molecule has 134 valence electrons. The summed E-state index contributed by atoms with van der Waals surface area (Å²) in [5.74, 6) is 2.49. The molecule has 0 unspecified atom stereocenters. The normalized spacial score (nSPS) is 20.5. The summed E-state index contributed by atoms with van der Waals surface area (Å²) in [5.41, 5.74) is 13.7. The van der Waals surface area contributed by atoms with Gasteiger partial charge in [-0.05, 0) is 43.1 Å². The fourth-order valence-corrected chi connectivity index (χ4v) is 3.91. The van der Waals surface area contributed by atoms with Gasteiger partial charge in [0.15, 0.2) is 5.82 Å². The number of unbranched alkanes of at least 4 members (excludes halogenated alkanes) is 2. The molecule has 1 aliphatic carbocycles. The summed E-state index contributed by atoms with van der Waals surface area (Å²) in [4.78, 5) is 12.2. The Kier molecular flexibility index (Phi) is 5.84. The third-order valence-corrected chi connectivity index (χ3v) is 5.37. The largest absolute Gasteiger partial charge is 0.368 e. The van der Waals surface area contributed by atoms with Gasteiger partial charge in [-0.1, -0.05) is 56.9 Å². The van der Waals surface area contributed by atoms with E-state index in [1.807, 2.05) is 0 Å². The second-order valence-electron chi connectivity index (χ2n) is 7.21. The Hall–Kier alpha value is -2.17. The van der Waals surface area contributed by atoms with E-state index in [4.69, 9.17) is 11.5 Å². The van der Waals surface area contributed by atoms with Gasteiger partial charge in [0, 0.05) is 5.56 Å². The summed E-state index contributed by atoms with van der Waals surface area (Å²) in [6.45, 7) is 2.28. The molecule has 1 aliphatic rings. The van der Waals surface area contributed by atoms with E-state index < -0.39 is 0 Å². The maximum Gasteiger partial charge on any atom is 0.225 e. The number of nitrogens with two attached hydrogens (primary N) is 2. The smallest absolute Gasteiger partial charge is 0.225 e. The lowest BCUT2D eigenvalue weighted by Crippen LogP contribution is -2.13. The summed E-state index contributed by atoms with van der Waals surface area (Å²) in [7, 11) is 0. The number of aromatic nitrogens is 3. The second-order valence-corrected chi connectivity index (χ2v) is 7.21. The van der Waals surface area contributed by atoms with Gasteiger partial charge in [-0.3, -0.25) is 0 Å². The summed E-state index contributed by atoms with van der Waals surface area (Å²) in [6.07, 6.45) is 10.9. The van der Waals surface area contributed by atoms with Gasteiger partial charge in [-0.2, -0.15) is 15.0 Å². The number of nitrogen functional groups attached to an aromatic ring is 2. The fraction of sp³-hybridized carbons (Fsp3) is 0.550. The highest BCUT2D eigenvalue weighted by Gasteiger charge is 2.22. The molecule has 1 saturated carbocycles. The standard InChI is InChI=1S/C20H29N5/c1-2-3-4-5-14-6-8-15(9-7-14)16-10-12-17(13-11-16)18-23-19(21)25-20(22)24-18/h10-15H,2-9H2,1H3,(H4,21,22,23,24,25)/t14-,15-. The van der Waals surface area contributed by atoms with Crippen molar-refractivity contribution in [3.63, 3.8) is 0 Å². The van der Waals surface area contributed by atoms with Crippen LogP contribution in [0, 0.1) is 5.92 Å². The number of rotatable bonds is 6. The van der Waals surface area contributed by atoms with Crippen molar-refractivity contribution in [3.05, 3.63) is 29.8 Å². The third kappa shape index (κ3) is 4.68. The van der Waals surface area contributed by atoms with Crippen LogP contribution in [0.2, 0.25) is 0 Å². The van der Waals surface area contributed by atoms with Gasteiger partial charge in [0.05, 0.1) is 0 Å². The molecule has 0 atom stereocenters. The Bertz CT molecular complexity index is 655. The fourth-order valence-electron chi connectivity index (χ4n) is 3.91. The monoisotopic (exact) mass is 339 g/mol. The molecular formula is C20H29N5. The van der Waals surface area contributed by atoms with Gasteiger partial charge in [-0.25, -0.2) is 0 Å². The molecule has 4 N–H and O–H groups in total. The Morgan fingerprint density at radius 2 is 1.52 bits per heavy atom. The average Bonchev–Trinajstić information content (AvgIpc) is 2.62. The van der Waals surface area contributed by atoms with Crippen LogP contribution in [0.4, 0.5) is 11.9 Å². The first-order valence-corrected chi connectivity index (χ1v) is 9.53. The van der Waals surface area contributed by atoms with Crippen LogP contribution in [0.15, 0.2) is 24.3 Å². The van der Waals surface area contributed by atoms with E-state index in [9.17, 15) is 0 Å². The lowest BCUT2D eigenvalue weighted by atomic mass is 9.77. The lowest BCUT2D eigenvalue weighted by molar-refractivity contribution is 0.303. The molecule has 1 heterocycles. The maximum absolute atomic E-state index is 5.66. The van der Waals surface area contributed by atoms with Gasteiger partial charge < -0.3 is 11.5 Å². The van der Waals surface area contributed by atoms with E-state index in [1.54, 1.807) is 0 Å². The van der Waals surface area contributed by atoms with Crippen LogP contribution in [0.5, 0.6) is 0 Å². The van der Waals surface area contributed by atoms with Crippen LogP contribution in [-0.2, 0) is 0 Å². The molecule has 0 bridgehead atoms. The van der Waals surface area contributed by atoms with Crippen LogP contribution in [0.3, 0.4) is 0 Å². The van der Waals surface area contributed by atoms with Crippen molar-refractivity contribution < 1.29 is 0 Å². The quantitative estimate of drug-likeness (QED) is 0.753. The van der Waals surface area contributed by atoms with Gasteiger partial charge in [0.2, 0.25) is 11.9 Å². The summed E-state index contributed by atoms with van der Waals surface area (Å²) >= 11 is 0. The molecule has 25 heavy (non-hydrogen) atoms. The molecule has 0 radical (unpaired) electrons.